The highest BCUT2D eigenvalue weighted by atomic mass is 16.4. The summed E-state index contributed by atoms with van der Waals surface area (Å²) in [5.41, 5.74) is -0.502. The van der Waals surface area contributed by atoms with Crippen molar-refractivity contribution in [1.82, 2.24) is 19.8 Å². The number of nitrogens with zero attached hydrogens (tertiary/aromatic N) is 4. The Labute approximate surface area is 84.9 Å². The first-order valence-electron chi connectivity index (χ1n) is 4.11. The molecule has 80 valence electrons. The van der Waals surface area contributed by atoms with Crippen LogP contribution in [-0.4, -0.2) is 30.9 Å². The van der Waals surface area contributed by atoms with Crippen LogP contribution in [0, 0.1) is 0 Å². The van der Waals surface area contributed by atoms with Crippen molar-refractivity contribution in [3.63, 3.8) is 0 Å². The van der Waals surface area contributed by atoms with E-state index in [1.54, 1.807) is 0 Å². The van der Waals surface area contributed by atoms with Crippen molar-refractivity contribution in [2.75, 3.05) is 0 Å². The highest BCUT2D eigenvalue weighted by Gasteiger charge is 2.05. The lowest BCUT2D eigenvalue weighted by molar-refractivity contribution is -0.132. The molecule has 0 aromatic carbocycles. The zero-order valence-electron chi connectivity index (χ0n) is 8.12. The Bertz CT molecular complexity index is 468. The molecule has 0 spiro atoms. The van der Waals surface area contributed by atoms with Crippen molar-refractivity contribution < 1.29 is 9.90 Å². The first-order valence-corrected chi connectivity index (χ1v) is 4.11. The summed E-state index contributed by atoms with van der Waals surface area (Å²) in [6.07, 6.45) is 2.60. The summed E-state index contributed by atoms with van der Waals surface area (Å²) >= 11 is 0. The quantitative estimate of drug-likeness (QED) is 0.538. The van der Waals surface area contributed by atoms with Gasteiger partial charge in [0, 0.05) is 6.20 Å². The molecule has 1 heterocycles. The van der Waals surface area contributed by atoms with Gasteiger partial charge in [-0.2, -0.15) is 9.36 Å². The van der Waals surface area contributed by atoms with Crippen molar-refractivity contribution in [1.29, 1.82) is 0 Å². The number of aliphatic carboxylic acids is 1. The van der Waals surface area contributed by atoms with Crippen LogP contribution in [-0.2, 0) is 11.3 Å². The lowest BCUT2D eigenvalue weighted by atomic mass is 10.3. The Morgan fingerprint density at radius 1 is 1.60 bits per heavy atom. The molecule has 1 aromatic rings. The van der Waals surface area contributed by atoms with Gasteiger partial charge in [0.25, 0.3) is 0 Å². The molecular formula is C8H10N4O3. The van der Waals surface area contributed by atoms with E-state index in [0.717, 1.165) is 15.6 Å². The maximum atomic E-state index is 11.4. The summed E-state index contributed by atoms with van der Waals surface area (Å²) in [4.78, 5) is 21.9. The molecule has 0 unspecified atom stereocenters. The van der Waals surface area contributed by atoms with Crippen LogP contribution in [0.3, 0.4) is 0 Å². The summed E-state index contributed by atoms with van der Waals surface area (Å²) in [6, 6.07) is 0. The molecule has 0 saturated carbocycles. The predicted octanol–water partition coefficient (Wildman–Crippen LogP) is -0.429. The maximum absolute atomic E-state index is 11.4. The van der Waals surface area contributed by atoms with Crippen LogP contribution < -0.4 is 5.69 Å². The third-order valence-electron chi connectivity index (χ3n) is 1.62. The molecule has 0 aliphatic rings. The van der Waals surface area contributed by atoms with Gasteiger partial charge in [0.2, 0.25) is 0 Å². The lowest BCUT2D eigenvalue weighted by Gasteiger charge is -1.91. The van der Waals surface area contributed by atoms with Crippen LogP contribution in [0.25, 0.3) is 6.20 Å². The molecule has 15 heavy (non-hydrogen) atoms. The first-order chi connectivity index (χ1) is 7.06. The van der Waals surface area contributed by atoms with Gasteiger partial charge in [0.15, 0.2) is 0 Å². The number of carboxylic acid groups (broad SMARTS) is 1. The minimum absolute atomic E-state index is 0.00255. The minimum Gasteiger partial charge on any atom is -0.478 e. The summed E-state index contributed by atoms with van der Waals surface area (Å²) in [7, 11) is 0. The van der Waals surface area contributed by atoms with Crippen molar-refractivity contribution in [3.8, 4) is 0 Å². The van der Waals surface area contributed by atoms with Crippen molar-refractivity contribution in [2.24, 2.45) is 0 Å². The van der Waals surface area contributed by atoms with Gasteiger partial charge in [0.1, 0.15) is 0 Å². The van der Waals surface area contributed by atoms with Gasteiger partial charge in [-0.05, 0) is 17.4 Å². The molecular weight excluding hydrogens is 200 g/mol. The van der Waals surface area contributed by atoms with E-state index in [9.17, 15) is 9.59 Å². The molecule has 1 N–H and O–H groups in total. The number of aromatic nitrogens is 4. The molecule has 7 heteroatoms. The van der Waals surface area contributed by atoms with Crippen LogP contribution in [0.1, 0.15) is 6.92 Å². The van der Waals surface area contributed by atoms with Crippen molar-refractivity contribution in [3.05, 3.63) is 28.7 Å². The first kappa shape index (κ1) is 10.9. The number of carbonyl (C=O) groups is 1. The molecule has 0 atom stereocenters. The van der Waals surface area contributed by atoms with E-state index in [1.807, 2.05) is 0 Å². The Balaban J connectivity index is 3.07. The molecule has 0 radical (unpaired) electrons. The number of rotatable bonds is 4. The zero-order chi connectivity index (χ0) is 11.4. The van der Waals surface area contributed by atoms with Crippen LogP contribution in [0.5, 0.6) is 0 Å². The Hall–Kier alpha value is -2.18. The molecule has 1 rings (SSSR count). The Kier molecular flexibility index (Phi) is 3.17. The molecule has 0 aliphatic carbocycles. The fraction of sp³-hybridized carbons (Fsp3) is 0.250. The topological polar surface area (TPSA) is 90.0 Å². The summed E-state index contributed by atoms with van der Waals surface area (Å²) in [6.45, 7) is 5.05. The largest absolute Gasteiger partial charge is 0.478 e. The van der Waals surface area contributed by atoms with Crippen molar-refractivity contribution in [2.45, 2.75) is 13.5 Å². The van der Waals surface area contributed by atoms with E-state index in [1.165, 1.54) is 13.0 Å². The predicted molar refractivity (Wildman–Crippen MR) is 52.1 cm³/mol. The van der Waals surface area contributed by atoms with Gasteiger partial charge in [-0.25, -0.2) is 9.59 Å². The van der Waals surface area contributed by atoms with E-state index in [2.05, 4.69) is 17.0 Å². The second kappa shape index (κ2) is 4.36. The summed E-state index contributed by atoms with van der Waals surface area (Å²) in [5, 5.41) is 15.6. The van der Waals surface area contributed by atoms with E-state index in [0.29, 0.717) is 0 Å². The molecule has 0 saturated heterocycles. The number of hydrogen-bond donors (Lipinski definition) is 1. The number of tetrazole rings is 1. The van der Waals surface area contributed by atoms with Gasteiger partial charge in [0.05, 0.1) is 12.1 Å². The van der Waals surface area contributed by atoms with Gasteiger partial charge in [-0.15, -0.1) is 6.58 Å². The monoisotopic (exact) mass is 210 g/mol. The Morgan fingerprint density at radius 3 is 2.80 bits per heavy atom. The van der Waals surface area contributed by atoms with Gasteiger partial charge in [-0.1, -0.05) is 6.08 Å². The van der Waals surface area contributed by atoms with Crippen molar-refractivity contribution >= 4 is 12.2 Å². The molecule has 1 aromatic heterocycles. The lowest BCUT2D eigenvalue weighted by Crippen LogP contribution is -2.22. The number of carboxylic acids is 1. The van der Waals surface area contributed by atoms with E-state index in [-0.39, 0.29) is 12.1 Å². The summed E-state index contributed by atoms with van der Waals surface area (Å²) in [5.74, 6) is -1.11. The minimum atomic E-state index is -1.11. The van der Waals surface area contributed by atoms with E-state index in [4.69, 9.17) is 5.11 Å². The smallest absolute Gasteiger partial charge is 0.368 e. The second-order valence-electron chi connectivity index (χ2n) is 2.79. The molecule has 0 amide bonds. The van der Waals surface area contributed by atoms with Gasteiger partial charge >= 0.3 is 11.7 Å². The SMILES string of the molecule is C=CCn1nnn(C=C(C)C(=O)O)c1=O. The molecule has 7 nitrogen and oxygen atoms in total. The molecule has 0 bridgehead atoms. The number of allylic oxidation sites excluding steroid dienone is 1. The average Bonchev–Trinajstić information content (AvgIpc) is 2.50. The maximum Gasteiger partial charge on any atom is 0.368 e. The van der Waals surface area contributed by atoms with E-state index < -0.39 is 11.7 Å². The normalized spacial score (nSPS) is 11.4. The van der Waals surface area contributed by atoms with Crippen LogP contribution in [0.4, 0.5) is 0 Å². The summed E-state index contributed by atoms with van der Waals surface area (Å²) < 4.78 is 1.94. The van der Waals surface area contributed by atoms with E-state index >= 15 is 0 Å². The second-order valence-corrected chi connectivity index (χ2v) is 2.79. The van der Waals surface area contributed by atoms with Crippen LogP contribution >= 0.6 is 0 Å². The number of hydrogen-bond acceptors (Lipinski definition) is 4. The molecule has 0 fully saturated rings. The van der Waals surface area contributed by atoms with Crippen LogP contribution in [0.2, 0.25) is 0 Å². The third-order valence-corrected chi connectivity index (χ3v) is 1.62. The molecule has 0 aliphatic heterocycles. The highest BCUT2D eigenvalue weighted by Crippen LogP contribution is 1.92. The Morgan fingerprint density at radius 2 is 2.27 bits per heavy atom. The fourth-order valence-corrected chi connectivity index (χ4v) is 0.843. The van der Waals surface area contributed by atoms with Gasteiger partial charge in [-0.3, -0.25) is 0 Å². The standard InChI is InChI=1S/C8H10N4O3/c1-3-4-11-8(15)12(10-9-11)5-6(2)7(13)14/h3,5H,1,4H2,2H3,(H,13,14). The van der Waals surface area contributed by atoms with Crippen LogP contribution in [0.15, 0.2) is 23.0 Å². The highest BCUT2D eigenvalue weighted by molar-refractivity contribution is 5.89. The zero-order valence-corrected chi connectivity index (χ0v) is 8.12. The fourth-order valence-electron chi connectivity index (χ4n) is 0.843. The average molecular weight is 210 g/mol. The third kappa shape index (κ3) is 2.39. The van der Waals surface area contributed by atoms with Gasteiger partial charge < -0.3 is 5.11 Å².